The monoisotopic (exact) mass is 300 g/mol. The van der Waals surface area contributed by atoms with Crippen molar-refractivity contribution in [3.8, 4) is 12.1 Å². The van der Waals surface area contributed by atoms with Gasteiger partial charge in [-0.25, -0.2) is 0 Å². The van der Waals surface area contributed by atoms with E-state index in [0.717, 1.165) is 0 Å². The first kappa shape index (κ1) is 14.5. The molecule has 0 saturated heterocycles. The van der Waals surface area contributed by atoms with Crippen molar-refractivity contribution >= 4 is 32.3 Å². The zero-order valence-electron chi connectivity index (χ0n) is 10.5. The highest BCUT2D eigenvalue weighted by Crippen LogP contribution is 2.29. The molecule has 0 aliphatic rings. The van der Waals surface area contributed by atoms with Crippen LogP contribution in [0.4, 0.5) is 5.69 Å². The third kappa shape index (κ3) is 2.98. The van der Waals surface area contributed by atoms with Crippen LogP contribution in [0.1, 0.15) is 0 Å². The molecule has 2 aromatic rings. The van der Waals surface area contributed by atoms with Gasteiger partial charge in [-0.2, -0.15) is 24.0 Å². The van der Waals surface area contributed by atoms with E-state index in [1.165, 1.54) is 18.2 Å². The standard InChI is InChI=1S/C13H8N4O3S/c14-7-9(8-15)16-17-12-5-6-13(21(18,19)20)11-4-2-1-3-10(11)12/h1-6,17H,(H,18,19,20). The number of hydrazone groups is 1. The Labute approximate surface area is 120 Å². The van der Waals surface area contributed by atoms with E-state index >= 15 is 0 Å². The van der Waals surface area contributed by atoms with Gasteiger partial charge in [0, 0.05) is 10.8 Å². The minimum Gasteiger partial charge on any atom is -0.282 e. The van der Waals surface area contributed by atoms with Gasteiger partial charge in [0.15, 0.2) is 0 Å². The normalized spacial score (nSPS) is 10.4. The number of anilines is 1. The van der Waals surface area contributed by atoms with Gasteiger partial charge in [0.25, 0.3) is 10.1 Å². The SMILES string of the molecule is N#CC(C#N)=NNc1ccc(S(=O)(=O)O)c2ccccc12. The van der Waals surface area contributed by atoms with E-state index in [-0.39, 0.29) is 10.6 Å². The van der Waals surface area contributed by atoms with Crippen molar-refractivity contribution in [3.63, 3.8) is 0 Å². The molecule has 0 unspecified atom stereocenters. The third-order valence-electron chi connectivity index (χ3n) is 2.66. The first-order valence-corrected chi connectivity index (χ1v) is 7.04. The Bertz CT molecular complexity index is 905. The molecular formula is C13H8N4O3S. The fourth-order valence-electron chi connectivity index (χ4n) is 1.78. The molecule has 2 rings (SSSR count). The molecule has 0 bridgehead atoms. The van der Waals surface area contributed by atoms with Crippen LogP contribution in [0, 0.1) is 22.7 Å². The molecule has 0 atom stereocenters. The Morgan fingerprint density at radius 3 is 2.29 bits per heavy atom. The Balaban J connectivity index is 2.63. The Kier molecular flexibility index (Phi) is 3.85. The minimum atomic E-state index is -4.36. The molecule has 104 valence electrons. The second kappa shape index (κ2) is 5.59. The molecule has 0 heterocycles. The van der Waals surface area contributed by atoms with Gasteiger partial charge in [-0.1, -0.05) is 24.3 Å². The highest BCUT2D eigenvalue weighted by atomic mass is 32.2. The van der Waals surface area contributed by atoms with Crippen molar-refractivity contribution in [1.82, 2.24) is 0 Å². The maximum absolute atomic E-state index is 11.3. The summed E-state index contributed by atoms with van der Waals surface area (Å²) in [7, 11) is -4.36. The van der Waals surface area contributed by atoms with Crippen LogP contribution in [0.15, 0.2) is 46.4 Å². The molecule has 21 heavy (non-hydrogen) atoms. The number of fused-ring (bicyclic) bond motifs is 1. The zero-order chi connectivity index (χ0) is 15.5. The Morgan fingerprint density at radius 1 is 1.10 bits per heavy atom. The summed E-state index contributed by atoms with van der Waals surface area (Å²) >= 11 is 0. The van der Waals surface area contributed by atoms with Crippen LogP contribution in [-0.4, -0.2) is 18.7 Å². The van der Waals surface area contributed by atoms with Gasteiger partial charge in [-0.05, 0) is 12.1 Å². The summed E-state index contributed by atoms with van der Waals surface area (Å²) in [4.78, 5) is -0.228. The lowest BCUT2D eigenvalue weighted by Gasteiger charge is -2.08. The van der Waals surface area contributed by atoms with E-state index in [9.17, 15) is 13.0 Å². The quantitative estimate of drug-likeness (QED) is 0.506. The molecule has 0 amide bonds. The lowest BCUT2D eigenvalue weighted by molar-refractivity contribution is 0.484. The summed E-state index contributed by atoms with van der Waals surface area (Å²) in [5, 5.41) is 21.6. The predicted molar refractivity (Wildman–Crippen MR) is 76.0 cm³/mol. The van der Waals surface area contributed by atoms with Gasteiger partial charge in [-0.3, -0.25) is 9.98 Å². The van der Waals surface area contributed by atoms with E-state index in [1.807, 2.05) is 0 Å². The topological polar surface area (TPSA) is 126 Å². The van der Waals surface area contributed by atoms with Gasteiger partial charge in [0.05, 0.1) is 5.69 Å². The summed E-state index contributed by atoms with van der Waals surface area (Å²) in [5.74, 6) is 0. The molecule has 0 fully saturated rings. The summed E-state index contributed by atoms with van der Waals surface area (Å²) in [6.45, 7) is 0. The van der Waals surface area contributed by atoms with E-state index in [0.29, 0.717) is 16.5 Å². The highest BCUT2D eigenvalue weighted by molar-refractivity contribution is 7.86. The van der Waals surface area contributed by atoms with Crippen molar-refractivity contribution in [3.05, 3.63) is 36.4 Å². The van der Waals surface area contributed by atoms with Crippen LogP contribution >= 0.6 is 0 Å². The van der Waals surface area contributed by atoms with Crippen molar-refractivity contribution in [1.29, 1.82) is 10.5 Å². The van der Waals surface area contributed by atoms with Gasteiger partial charge >= 0.3 is 0 Å². The molecule has 0 aromatic heterocycles. The average Bonchev–Trinajstić information content (AvgIpc) is 2.47. The summed E-state index contributed by atoms with van der Waals surface area (Å²) in [6.07, 6.45) is 0. The molecule has 2 aromatic carbocycles. The molecular weight excluding hydrogens is 292 g/mol. The van der Waals surface area contributed by atoms with E-state index < -0.39 is 10.1 Å². The summed E-state index contributed by atoms with van der Waals surface area (Å²) < 4.78 is 31.9. The number of hydrogen-bond donors (Lipinski definition) is 2. The number of benzene rings is 2. The van der Waals surface area contributed by atoms with Gasteiger partial charge < -0.3 is 0 Å². The lowest BCUT2D eigenvalue weighted by atomic mass is 10.1. The second-order valence-corrected chi connectivity index (χ2v) is 5.32. The number of nitriles is 2. The fraction of sp³-hybridized carbons (Fsp3) is 0. The van der Waals surface area contributed by atoms with Crippen LogP contribution in [0.5, 0.6) is 0 Å². The largest absolute Gasteiger partial charge is 0.295 e. The molecule has 0 spiro atoms. The smallest absolute Gasteiger partial charge is 0.282 e. The first-order chi connectivity index (χ1) is 9.97. The number of hydrogen-bond acceptors (Lipinski definition) is 6. The first-order valence-electron chi connectivity index (χ1n) is 5.60. The third-order valence-corrected chi connectivity index (χ3v) is 3.57. The van der Waals surface area contributed by atoms with Crippen LogP contribution in [0.25, 0.3) is 10.8 Å². The molecule has 2 N–H and O–H groups in total. The highest BCUT2D eigenvalue weighted by Gasteiger charge is 2.15. The van der Waals surface area contributed by atoms with Crippen molar-refractivity contribution in [2.24, 2.45) is 5.10 Å². The van der Waals surface area contributed by atoms with Gasteiger partial charge in [0.1, 0.15) is 17.0 Å². The number of nitrogens with zero attached hydrogens (tertiary/aromatic N) is 3. The van der Waals surface area contributed by atoms with Gasteiger partial charge in [0.2, 0.25) is 5.71 Å². The fourth-order valence-corrected chi connectivity index (χ4v) is 2.48. The van der Waals surface area contributed by atoms with Crippen molar-refractivity contribution in [2.45, 2.75) is 4.90 Å². The van der Waals surface area contributed by atoms with E-state index in [4.69, 9.17) is 10.5 Å². The predicted octanol–water partition coefficient (Wildman–Crippen LogP) is 1.90. The Morgan fingerprint density at radius 2 is 1.71 bits per heavy atom. The molecule has 7 nitrogen and oxygen atoms in total. The maximum Gasteiger partial charge on any atom is 0.295 e. The molecule has 8 heteroatoms. The molecule has 0 saturated carbocycles. The maximum atomic E-state index is 11.3. The Hall–Kier alpha value is -2.94. The molecule has 0 aliphatic carbocycles. The van der Waals surface area contributed by atoms with Crippen LogP contribution in [0.2, 0.25) is 0 Å². The summed E-state index contributed by atoms with van der Waals surface area (Å²) in [5.41, 5.74) is 2.58. The van der Waals surface area contributed by atoms with E-state index in [1.54, 1.807) is 30.3 Å². The molecule has 0 radical (unpaired) electrons. The van der Waals surface area contributed by atoms with Crippen LogP contribution < -0.4 is 5.43 Å². The van der Waals surface area contributed by atoms with E-state index in [2.05, 4.69) is 10.5 Å². The van der Waals surface area contributed by atoms with Crippen LogP contribution in [-0.2, 0) is 10.1 Å². The number of rotatable bonds is 3. The van der Waals surface area contributed by atoms with Crippen LogP contribution in [0.3, 0.4) is 0 Å². The lowest BCUT2D eigenvalue weighted by Crippen LogP contribution is -2.01. The van der Waals surface area contributed by atoms with Crippen molar-refractivity contribution in [2.75, 3.05) is 5.43 Å². The zero-order valence-corrected chi connectivity index (χ0v) is 11.3. The summed E-state index contributed by atoms with van der Waals surface area (Å²) in [6, 6.07) is 12.3. The number of nitrogens with one attached hydrogen (secondary N) is 1. The van der Waals surface area contributed by atoms with Gasteiger partial charge in [-0.15, -0.1) is 0 Å². The molecule has 0 aliphatic heterocycles. The van der Waals surface area contributed by atoms with Crippen molar-refractivity contribution < 1.29 is 13.0 Å². The second-order valence-electron chi connectivity index (χ2n) is 3.93. The average molecular weight is 300 g/mol. The minimum absolute atomic E-state index is 0.228.